The molecule has 0 aliphatic heterocycles. The third kappa shape index (κ3) is 6.96. The van der Waals surface area contributed by atoms with Gasteiger partial charge in [-0.3, -0.25) is 9.59 Å². The average Bonchev–Trinajstić information content (AvgIpc) is 3.01. The van der Waals surface area contributed by atoms with E-state index in [1.165, 1.54) is 32.8 Å². The van der Waals surface area contributed by atoms with Gasteiger partial charge in [0.1, 0.15) is 6.54 Å². The van der Waals surface area contributed by atoms with Gasteiger partial charge < -0.3 is 9.64 Å². The summed E-state index contributed by atoms with van der Waals surface area (Å²) in [6.07, 6.45) is 12.0. The molecule has 1 rings (SSSR count). The molecule has 0 bridgehead atoms. The fraction of sp³-hybridized carbons (Fsp3) is 0.882. The summed E-state index contributed by atoms with van der Waals surface area (Å²) in [5, 5.41) is 0. The Hall–Kier alpha value is -1.06. The van der Waals surface area contributed by atoms with Crippen molar-refractivity contribution >= 4 is 11.9 Å². The second-order valence-corrected chi connectivity index (χ2v) is 6.05. The highest BCUT2D eigenvalue weighted by Crippen LogP contribution is 2.24. The van der Waals surface area contributed by atoms with Gasteiger partial charge in [0.15, 0.2) is 0 Å². The average molecular weight is 297 g/mol. The Balaban J connectivity index is 2.34. The maximum atomic E-state index is 12.4. The van der Waals surface area contributed by atoms with E-state index >= 15 is 0 Å². The van der Waals surface area contributed by atoms with Crippen LogP contribution in [0.3, 0.4) is 0 Å². The quantitative estimate of drug-likeness (QED) is 0.456. The summed E-state index contributed by atoms with van der Waals surface area (Å²) in [4.78, 5) is 25.7. The first-order valence-corrected chi connectivity index (χ1v) is 8.55. The highest BCUT2D eigenvalue weighted by atomic mass is 16.5. The van der Waals surface area contributed by atoms with Crippen LogP contribution in [0.15, 0.2) is 0 Å². The molecule has 0 atom stereocenters. The van der Waals surface area contributed by atoms with Gasteiger partial charge in [-0.25, -0.2) is 0 Å². The number of hydrogen-bond donors (Lipinski definition) is 0. The summed E-state index contributed by atoms with van der Waals surface area (Å²) >= 11 is 0. The van der Waals surface area contributed by atoms with Gasteiger partial charge in [-0.15, -0.1) is 0 Å². The molecule has 4 heteroatoms. The van der Waals surface area contributed by atoms with Crippen molar-refractivity contribution in [3.05, 3.63) is 0 Å². The molecule has 0 N–H and O–H groups in total. The number of esters is 1. The third-order valence-electron chi connectivity index (χ3n) is 4.36. The SMILES string of the molecule is CCCCCCCCC(=O)N(CC(=O)OC)C1CCCC1. The van der Waals surface area contributed by atoms with E-state index in [1.54, 1.807) is 4.90 Å². The summed E-state index contributed by atoms with van der Waals surface area (Å²) in [5.41, 5.74) is 0. The molecule has 1 saturated carbocycles. The number of rotatable bonds is 10. The summed E-state index contributed by atoms with van der Waals surface area (Å²) in [5.74, 6) is -0.180. The van der Waals surface area contributed by atoms with Gasteiger partial charge in [0.25, 0.3) is 0 Å². The number of amides is 1. The van der Waals surface area contributed by atoms with Gasteiger partial charge >= 0.3 is 5.97 Å². The first kappa shape index (κ1) is 18.0. The van der Waals surface area contributed by atoms with Gasteiger partial charge in [-0.2, -0.15) is 0 Å². The lowest BCUT2D eigenvalue weighted by Crippen LogP contribution is -2.42. The standard InChI is InChI=1S/C17H31NO3/c1-3-4-5-6-7-8-13-16(19)18(14-17(20)21-2)15-11-9-10-12-15/h15H,3-14H2,1-2H3. The smallest absolute Gasteiger partial charge is 0.325 e. The summed E-state index contributed by atoms with van der Waals surface area (Å²) in [6.45, 7) is 2.33. The molecule has 1 fully saturated rings. The molecule has 0 saturated heterocycles. The number of hydrogen-bond acceptors (Lipinski definition) is 3. The van der Waals surface area contributed by atoms with Crippen molar-refractivity contribution in [1.29, 1.82) is 0 Å². The van der Waals surface area contributed by atoms with Crippen LogP contribution in [0.25, 0.3) is 0 Å². The predicted octanol–water partition coefficient (Wildman–Crippen LogP) is 3.68. The van der Waals surface area contributed by atoms with Crippen LogP contribution in [0, 0.1) is 0 Å². The number of methoxy groups -OCH3 is 1. The molecule has 21 heavy (non-hydrogen) atoms. The number of unbranched alkanes of at least 4 members (excludes halogenated alkanes) is 5. The van der Waals surface area contributed by atoms with E-state index in [4.69, 9.17) is 4.74 Å². The van der Waals surface area contributed by atoms with E-state index in [2.05, 4.69) is 6.92 Å². The molecule has 0 heterocycles. The molecule has 0 aromatic carbocycles. The van der Waals surface area contributed by atoms with Crippen LogP contribution >= 0.6 is 0 Å². The zero-order valence-corrected chi connectivity index (χ0v) is 13.7. The lowest BCUT2D eigenvalue weighted by molar-refractivity contribution is -0.148. The van der Waals surface area contributed by atoms with Gasteiger partial charge in [0.05, 0.1) is 7.11 Å². The minimum atomic E-state index is -0.307. The Labute approximate surface area is 129 Å². The van der Waals surface area contributed by atoms with Crippen LogP contribution in [0.5, 0.6) is 0 Å². The lowest BCUT2D eigenvalue weighted by atomic mass is 10.1. The Bertz CT molecular complexity index is 311. The molecular weight excluding hydrogens is 266 g/mol. The van der Waals surface area contributed by atoms with E-state index in [9.17, 15) is 9.59 Å². The fourth-order valence-corrected chi connectivity index (χ4v) is 3.04. The van der Waals surface area contributed by atoms with Crippen molar-refractivity contribution in [3.63, 3.8) is 0 Å². The zero-order chi connectivity index (χ0) is 15.5. The van der Waals surface area contributed by atoms with Gasteiger partial charge in [-0.05, 0) is 19.3 Å². The summed E-state index contributed by atoms with van der Waals surface area (Å²) in [7, 11) is 1.38. The predicted molar refractivity (Wildman–Crippen MR) is 84.0 cm³/mol. The minimum Gasteiger partial charge on any atom is -0.468 e. The highest BCUT2D eigenvalue weighted by molar-refractivity contribution is 5.82. The van der Waals surface area contributed by atoms with Crippen molar-refractivity contribution in [1.82, 2.24) is 4.90 Å². The Morgan fingerprint density at radius 2 is 1.67 bits per heavy atom. The van der Waals surface area contributed by atoms with E-state index in [1.807, 2.05) is 0 Å². The van der Waals surface area contributed by atoms with Crippen molar-refractivity contribution in [2.24, 2.45) is 0 Å². The fourth-order valence-electron chi connectivity index (χ4n) is 3.04. The molecule has 0 aromatic rings. The first-order chi connectivity index (χ1) is 10.2. The number of ether oxygens (including phenoxy) is 1. The van der Waals surface area contributed by atoms with Crippen LogP contribution in [-0.2, 0) is 14.3 Å². The van der Waals surface area contributed by atoms with Crippen molar-refractivity contribution in [3.8, 4) is 0 Å². The monoisotopic (exact) mass is 297 g/mol. The normalized spacial score (nSPS) is 15.1. The Morgan fingerprint density at radius 3 is 2.29 bits per heavy atom. The minimum absolute atomic E-state index is 0.121. The van der Waals surface area contributed by atoms with E-state index in [-0.39, 0.29) is 24.5 Å². The van der Waals surface area contributed by atoms with Crippen LogP contribution in [0.4, 0.5) is 0 Å². The third-order valence-corrected chi connectivity index (χ3v) is 4.36. The molecule has 0 unspecified atom stereocenters. The molecule has 4 nitrogen and oxygen atoms in total. The summed E-state index contributed by atoms with van der Waals surface area (Å²) in [6, 6.07) is 0.247. The zero-order valence-electron chi connectivity index (χ0n) is 13.7. The maximum Gasteiger partial charge on any atom is 0.325 e. The number of carbonyl (C=O) groups is 2. The molecular formula is C17H31NO3. The van der Waals surface area contributed by atoms with E-state index in [0.29, 0.717) is 6.42 Å². The van der Waals surface area contributed by atoms with Gasteiger partial charge in [0.2, 0.25) is 5.91 Å². The highest BCUT2D eigenvalue weighted by Gasteiger charge is 2.28. The van der Waals surface area contributed by atoms with E-state index < -0.39 is 0 Å². The topological polar surface area (TPSA) is 46.6 Å². The lowest BCUT2D eigenvalue weighted by Gasteiger charge is -2.28. The summed E-state index contributed by atoms with van der Waals surface area (Å²) < 4.78 is 4.73. The molecule has 1 aliphatic rings. The molecule has 0 radical (unpaired) electrons. The Kier molecular flexibility index (Phi) is 9.11. The first-order valence-electron chi connectivity index (χ1n) is 8.55. The molecule has 0 aromatic heterocycles. The maximum absolute atomic E-state index is 12.4. The van der Waals surface area contributed by atoms with E-state index in [0.717, 1.165) is 38.5 Å². The molecule has 1 aliphatic carbocycles. The van der Waals surface area contributed by atoms with Crippen LogP contribution < -0.4 is 0 Å². The molecule has 122 valence electrons. The second-order valence-electron chi connectivity index (χ2n) is 6.05. The molecule has 0 spiro atoms. The van der Waals surface area contributed by atoms with Crippen molar-refractivity contribution in [2.45, 2.75) is 83.6 Å². The van der Waals surface area contributed by atoms with Gasteiger partial charge in [-0.1, -0.05) is 51.9 Å². The van der Waals surface area contributed by atoms with Crippen LogP contribution in [0.2, 0.25) is 0 Å². The number of nitrogens with zero attached hydrogens (tertiary/aromatic N) is 1. The number of carbonyl (C=O) groups excluding carboxylic acids is 2. The van der Waals surface area contributed by atoms with Crippen molar-refractivity contribution < 1.29 is 14.3 Å². The Morgan fingerprint density at radius 1 is 1.05 bits per heavy atom. The van der Waals surface area contributed by atoms with Gasteiger partial charge in [0, 0.05) is 12.5 Å². The van der Waals surface area contributed by atoms with Crippen LogP contribution in [0.1, 0.15) is 77.6 Å². The van der Waals surface area contributed by atoms with Crippen molar-refractivity contribution in [2.75, 3.05) is 13.7 Å². The second kappa shape index (κ2) is 10.6. The largest absolute Gasteiger partial charge is 0.468 e. The molecule has 1 amide bonds. The van der Waals surface area contributed by atoms with Crippen LogP contribution in [-0.4, -0.2) is 36.5 Å².